The highest BCUT2D eigenvalue weighted by molar-refractivity contribution is 5.93. The lowest BCUT2D eigenvalue weighted by molar-refractivity contribution is 0.0454. The zero-order chi connectivity index (χ0) is 17.1. The number of carbonyl (C=O) groups is 1. The fourth-order valence-corrected chi connectivity index (χ4v) is 2.97. The number of nitrogens with zero attached hydrogens (tertiary/aromatic N) is 3. The van der Waals surface area contributed by atoms with Crippen LogP contribution in [0, 0.1) is 11.8 Å². The number of alkyl halides is 2. The summed E-state index contributed by atoms with van der Waals surface area (Å²) < 4.78 is 27.9. The topological polar surface area (TPSA) is 58.4 Å². The number of likely N-dealkylation sites (tertiary alicyclic amines) is 1. The predicted octanol–water partition coefficient (Wildman–Crippen LogP) is 2.71. The smallest absolute Gasteiger partial charge is 0.274 e. The molecule has 0 bridgehead atoms. The second kappa shape index (κ2) is 7.38. The van der Waals surface area contributed by atoms with Gasteiger partial charge in [0.25, 0.3) is 12.3 Å². The molecule has 0 spiro atoms. The van der Waals surface area contributed by atoms with E-state index >= 15 is 0 Å². The maximum atomic E-state index is 13.2. The highest BCUT2D eigenvalue weighted by Gasteiger charge is 2.31. The Morgan fingerprint density at radius 2 is 2.13 bits per heavy atom. The summed E-state index contributed by atoms with van der Waals surface area (Å²) in [6.45, 7) is 7.01. The number of hydrogen-bond donors (Lipinski definition) is 1. The number of aliphatic hydroxyl groups excluding tert-OH is 1. The van der Waals surface area contributed by atoms with Crippen LogP contribution in [0.3, 0.4) is 0 Å². The van der Waals surface area contributed by atoms with Crippen molar-refractivity contribution >= 4 is 5.91 Å². The van der Waals surface area contributed by atoms with Gasteiger partial charge in [-0.05, 0) is 25.7 Å². The molecule has 2 heterocycles. The molecule has 2 atom stereocenters. The van der Waals surface area contributed by atoms with Gasteiger partial charge in [-0.15, -0.1) is 0 Å². The molecule has 1 aliphatic heterocycles. The lowest BCUT2D eigenvalue weighted by Crippen LogP contribution is -2.43. The van der Waals surface area contributed by atoms with E-state index in [2.05, 4.69) is 5.10 Å². The number of piperidine rings is 1. The zero-order valence-electron chi connectivity index (χ0n) is 13.9. The molecule has 0 aliphatic carbocycles. The lowest BCUT2D eigenvalue weighted by atomic mass is 9.93. The van der Waals surface area contributed by atoms with Crippen molar-refractivity contribution in [1.29, 1.82) is 0 Å². The number of rotatable bonds is 5. The minimum Gasteiger partial charge on any atom is -0.393 e. The predicted molar refractivity (Wildman–Crippen MR) is 82.3 cm³/mol. The third-order valence-electron chi connectivity index (χ3n) is 4.21. The Kier molecular flexibility index (Phi) is 5.73. The summed E-state index contributed by atoms with van der Waals surface area (Å²) >= 11 is 0. The molecule has 7 heteroatoms. The highest BCUT2D eigenvalue weighted by atomic mass is 19.3. The summed E-state index contributed by atoms with van der Waals surface area (Å²) in [6, 6.07) is 0. The van der Waals surface area contributed by atoms with Crippen molar-refractivity contribution in [3.05, 3.63) is 17.5 Å². The Hall–Kier alpha value is -1.50. The largest absolute Gasteiger partial charge is 0.393 e. The van der Waals surface area contributed by atoms with E-state index in [1.807, 2.05) is 13.8 Å². The molecular weight excluding hydrogens is 304 g/mol. The van der Waals surface area contributed by atoms with Gasteiger partial charge in [0.2, 0.25) is 0 Å². The van der Waals surface area contributed by atoms with Crippen molar-refractivity contribution in [1.82, 2.24) is 14.7 Å². The summed E-state index contributed by atoms with van der Waals surface area (Å²) in [4.78, 5) is 14.2. The number of halogens is 2. The average molecular weight is 329 g/mol. The van der Waals surface area contributed by atoms with Gasteiger partial charge in [-0.1, -0.05) is 13.8 Å². The fraction of sp³-hybridized carbons (Fsp3) is 0.750. The SMILES string of the molecule is CC(C)Cn1cc(C(F)F)c(C(=O)N2CCCC(C(C)O)C2)n1. The van der Waals surface area contributed by atoms with Crippen molar-refractivity contribution in [2.24, 2.45) is 11.8 Å². The van der Waals surface area contributed by atoms with Gasteiger partial charge in [-0.25, -0.2) is 8.78 Å². The molecular formula is C16H25F2N3O2. The van der Waals surface area contributed by atoms with Crippen molar-refractivity contribution < 1.29 is 18.7 Å². The quantitative estimate of drug-likeness (QED) is 0.903. The van der Waals surface area contributed by atoms with Gasteiger partial charge in [-0.2, -0.15) is 5.10 Å². The van der Waals surface area contributed by atoms with Gasteiger partial charge in [-0.3, -0.25) is 9.48 Å². The molecule has 0 saturated carbocycles. The summed E-state index contributed by atoms with van der Waals surface area (Å²) in [5.41, 5.74) is -0.471. The first-order chi connectivity index (χ1) is 10.8. The molecule has 23 heavy (non-hydrogen) atoms. The molecule has 0 radical (unpaired) electrons. The number of aromatic nitrogens is 2. The maximum Gasteiger partial charge on any atom is 0.274 e. The molecule has 2 rings (SSSR count). The Bertz CT molecular complexity index is 543. The first-order valence-electron chi connectivity index (χ1n) is 8.12. The molecule has 1 saturated heterocycles. The molecule has 1 aliphatic rings. The van der Waals surface area contributed by atoms with Crippen LogP contribution in [0.15, 0.2) is 6.20 Å². The average Bonchev–Trinajstić information content (AvgIpc) is 2.89. The Morgan fingerprint density at radius 1 is 1.43 bits per heavy atom. The molecule has 1 aromatic rings. The monoisotopic (exact) mass is 329 g/mol. The van der Waals surface area contributed by atoms with E-state index in [4.69, 9.17) is 0 Å². The van der Waals surface area contributed by atoms with Gasteiger partial charge in [0.1, 0.15) is 0 Å². The van der Waals surface area contributed by atoms with E-state index in [1.54, 1.807) is 6.92 Å². The van der Waals surface area contributed by atoms with E-state index in [0.29, 0.717) is 19.6 Å². The van der Waals surface area contributed by atoms with Crippen LogP contribution in [0.5, 0.6) is 0 Å². The molecule has 5 nitrogen and oxygen atoms in total. The van der Waals surface area contributed by atoms with Crippen molar-refractivity contribution in [3.8, 4) is 0 Å². The molecule has 130 valence electrons. The van der Waals surface area contributed by atoms with Crippen molar-refractivity contribution in [2.75, 3.05) is 13.1 Å². The maximum absolute atomic E-state index is 13.2. The minimum atomic E-state index is -2.73. The standard InChI is InChI=1S/C16H25F2N3O2/c1-10(2)7-21-9-13(15(17)18)14(19-21)16(23)20-6-4-5-12(8-20)11(3)22/h9-12,15,22H,4-8H2,1-3H3. The first-order valence-corrected chi connectivity index (χ1v) is 8.12. The van der Waals surface area contributed by atoms with Gasteiger partial charge < -0.3 is 10.0 Å². The minimum absolute atomic E-state index is 0.0135. The van der Waals surface area contributed by atoms with Crippen LogP contribution < -0.4 is 0 Å². The fourth-order valence-electron chi connectivity index (χ4n) is 2.97. The zero-order valence-corrected chi connectivity index (χ0v) is 13.9. The lowest BCUT2D eigenvalue weighted by Gasteiger charge is -2.33. The molecule has 0 aromatic carbocycles. The summed E-state index contributed by atoms with van der Waals surface area (Å²) in [5.74, 6) is -0.230. The van der Waals surface area contributed by atoms with Crippen molar-refractivity contribution in [3.63, 3.8) is 0 Å². The molecule has 1 amide bonds. The number of aliphatic hydroxyl groups is 1. The third-order valence-corrected chi connectivity index (χ3v) is 4.21. The number of carbonyl (C=O) groups excluding carboxylic acids is 1. The first kappa shape index (κ1) is 17.8. The van der Waals surface area contributed by atoms with Crippen LogP contribution >= 0.6 is 0 Å². The second-order valence-electron chi connectivity index (χ2n) is 6.74. The Morgan fingerprint density at radius 3 is 2.70 bits per heavy atom. The van der Waals surface area contributed by atoms with Crippen LogP contribution in [0.2, 0.25) is 0 Å². The summed E-state index contributed by atoms with van der Waals surface area (Å²) in [5, 5.41) is 13.8. The second-order valence-corrected chi connectivity index (χ2v) is 6.74. The molecule has 1 N–H and O–H groups in total. The van der Waals surface area contributed by atoms with Crippen LogP contribution in [0.4, 0.5) is 8.78 Å². The van der Waals surface area contributed by atoms with E-state index in [-0.39, 0.29) is 23.1 Å². The Balaban J connectivity index is 2.22. The van der Waals surface area contributed by atoms with Crippen LogP contribution in [0.25, 0.3) is 0 Å². The van der Waals surface area contributed by atoms with E-state index in [1.165, 1.54) is 15.8 Å². The molecule has 1 fully saturated rings. The summed E-state index contributed by atoms with van der Waals surface area (Å²) in [6.07, 6.45) is -0.373. The van der Waals surface area contributed by atoms with E-state index in [9.17, 15) is 18.7 Å². The van der Waals surface area contributed by atoms with E-state index in [0.717, 1.165) is 12.8 Å². The normalized spacial score (nSPS) is 20.3. The van der Waals surface area contributed by atoms with Gasteiger partial charge in [0.15, 0.2) is 5.69 Å². The summed E-state index contributed by atoms with van der Waals surface area (Å²) in [7, 11) is 0. The Labute approximate surface area is 135 Å². The number of amides is 1. The van der Waals surface area contributed by atoms with Gasteiger partial charge in [0.05, 0.1) is 11.7 Å². The number of hydrogen-bond acceptors (Lipinski definition) is 3. The van der Waals surface area contributed by atoms with Crippen molar-refractivity contribution in [2.45, 2.75) is 52.7 Å². The van der Waals surface area contributed by atoms with Gasteiger partial charge >= 0.3 is 0 Å². The third kappa shape index (κ3) is 4.28. The van der Waals surface area contributed by atoms with Crippen LogP contribution in [0.1, 0.15) is 56.1 Å². The van der Waals surface area contributed by atoms with Crippen LogP contribution in [-0.2, 0) is 6.54 Å². The molecule has 1 aromatic heterocycles. The van der Waals surface area contributed by atoms with E-state index < -0.39 is 18.4 Å². The molecule has 2 unspecified atom stereocenters. The van der Waals surface area contributed by atoms with Crippen LogP contribution in [-0.4, -0.2) is 44.9 Å². The highest BCUT2D eigenvalue weighted by Crippen LogP contribution is 2.26. The van der Waals surface area contributed by atoms with Gasteiger partial charge in [0, 0.05) is 31.7 Å².